The highest BCUT2D eigenvalue weighted by atomic mass is 79.9. The summed E-state index contributed by atoms with van der Waals surface area (Å²) in [5.74, 6) is 0. The summed E-state index contributed by atoms with van der Waals surface area (Å²) < 4.78 is 1.11. The number of benzene rings is 1. The first kappa shape index (κ1) is 13.2. The van der Waals surface area contributed by atoms with Crippen LogP contribution in [0.1, 0.15) is 26.2 Å². The van der Waals surface area contributed by atoms with Crippen molar-refractivity contribution in [2.24, 2.45) is 0 Å². The van der Waals surface area contributed by atoms with Crippen molar-refractivity contribution in [3.05, 3.63) is 46.6 Å². The molecule has 0 radical (unpaired) electrons. The smallest absolute Gasteiger partial charge is 0.0505 e. The topological polar surface area (TPSA) is 24.1 Å². The van der Waals surface area contributed by atoms with Crippen LogP contribution in [0, 0.1) is 0 Å². The normalized spacial score (nSPS) is 14.2. The van der Waals surface area contributed by atoms with Crippen molar-refractivity contribution in [2.45, 2.75) is 26.2 Å². The number of allylic oxidation sites excluding steroid dienone is 3. The molecular formula is C15H19BrN2. The monoisotopic (exact) mass is 306 g/mol. The molecule has 1 aromatic carbocycles. The van der Waals surface area contributed by atoms with E-state index in [1.807, 2.05) is 0 Å². The van der Waals surface area contributed by atoms with Crippen LogP contribution in [0.15, 0.2) is 46.6 Å². The van der Waals surface area contributed by atoms with Gasteiger partial charge in [0.1, 0.15) is 0 Å². The van der Waals surface area contributed by atoms with Gasteiger partial charge in [-0.1, -0.05) is 19.1 Å². The Morgan fingerprint density at radius 3 is 2.89 bits per heavy atom. The van der Waals surface area contributed by atoms with Crippen LogP contribution < -0.4 is 10.6 Å². The van der Waals surface area contributed by atoms with Gasteiger partial charge in [-0.15, -0.1) is 0 Å². The van der Waals surface area contributed by atoms with Crippen LogP contribution in [0.5, 0.6) is 0 Å². The van der Waals surface area contributed by atoms with E-state index in [1.165, 1.54) is 5.70 Å². The third-order valence-electron chi connectivity index (χ3n) is 2.82. The zero-order chi connectivity index (χ0) is 12.8. The molecule has 1 aliphatic rings. The first-order valence-electron chi connectivity index (χ1n) is 6.46. The maximum atomic E-state index is 3.57. The minimum absolute atomic E-state index is 0.991. The van der Waals surface area contributed by atoms with Crippen molar-refractivity contribution in [2.75, 3.05) is 17.2 Å². The second-order valence-electron chi connectivity index (χ2n) is 4.39. The van der Waals surface area contributed by atoms with Crippen molar-refractivity contribution in [3.8, 4) is 0 Å². The SMILES string of the molecule is CCCNc1cc(NC2=CCCC=C2)ccc1Br. The van der Waals surface area contributed by atoms with Gasteiger partial charge < -0.3 is 10.6 Å². The quantitative estimate of drug-likeness (QED) is 0.807. The van der Waals surface area contributed by atoms with E-state index in [4.69, 9.17) is 0 Å². The Hall–Kier alpha value is -1.22. The lowest BCUT2D eigenvalue weighted by Gasteiger charge is -2.13. The fraction of sp³-hybridized carbons (Fsp3) is 0.333. The molecule has 0 aromatic heterocycles. The molecule has 96 valence electrons. The summed E-state index contributed by atoms with van der Waals surface area (Å²) in [4.78, 5) is 0. The Morgan fingerprint density at radius 1 is 1.28 bits per heavy atom. The van der Waals surface area contributed by atoms with Gasteiger partial charge >= 0.3 is 0 Å². The molecule has 1 aromatic rings. The molecule has 0 unspecified atom stereocenters. The third kappa shape index (κ3) is 3.64. The van der Waals surface area contributed by atoms with E-state index >= 15 is 0 Å². The minimum atomic E-state index is 0.991. The van der Waals surface area contributed by atoms with E-state index in [0.717, 1.165) is 41.7 Å². The van der Waals surface area contributed by atoms with Gasteiger partial charge in [0.05, 0.1) is 5.69 Å². The Balaban J connectivity index is 2.08. The first-order chi connectivity index (χ1) is 8.79. The van der Waals surface area contributed by atoms with Gasteiger partial charge in [0.2, 0.25) is 0 Å². The fourth-order valence-corrected chi connectivity index (χ4v) is 2.26. The summed E-state index contributed by atoms with van der Waals surface area (Å²) >= 11 is 3.57. The first-order valence-corrected chi connectivity index (χ1v) is 7.26. The zero-order valence-corrected chi connectivity index (χ0v) is 12.3. The van der Waals surface area contributed by atoms with Crippen LogP contribution in [0.3, 0.4) is 0 Å². The number of rotatable bonds is 5. The van der Waals surface area contributed by atoms with Gasteiger partial charge in [-0.2, -0.15) is 0 Å². The zero-order valence-electron chi connectivity index (χ0n) is 10.7. The van der Waals surface area contributed by atoms with Gasteiger partial charge in [-0.25, -0.2) is 0 Å². The third-order valence-corrected chi connectivity index (χ3v) is 3.51. The molecule has 2 rings (SSSR count). The molecule has 0 fully saturated rings. The van der Waals surface area contributed by atoms with Crippen molar-refractivity contribution < 1.29 is 0 Å². The molecule has 1 aliphatic carbocycles. The molecule has 3 heteroatoms. The standard InChI is InChI=1S/C15H19BrN2/c1-2-10-17-15-11-13(8-9-14(15)16)18-12-6-4-3-5-7-12/h4,6-9,11,17-18H,2-3,5,10H2,1H3. The second kappa shape index (κ2) is 6.64. The maximum Gasteiger partial charge on any atom is 0.0505 e. The lowest BCUT2D eigenvalue weighted by molar-refractivity contribution is 0.978. The molecule has 0 atom stereocenters. The Kier molecular flexibility index (Phi) is 4.88. The number of hydrogen-bond acceptors (Lipinski definition) is 2. The van der Waals surface area contributed by atoms with Gasteiger partial charge in [0.15, 0.2) is 0 Å². The van der Waals surface area contributed by atoms with Crippen LogP contribution in [-0.2, 0) is 0 Å². The van der Waals surface area contributed by atoms with Crippen molar-refractivity contribution in [1.29, 1.82) is 0 Å². The summed E-state index contributed by atoms with van der Waals surface area (Å²) in [5, 5.41) is 6.85. The van der Waals surface area contributed by atoms with E-state index in [2.05, 4.69) is 69.9 Å². The predicted molar refractivity (Wildman–Crippen MR) is 83.0 cm³/mol. The number of halogens is 1. The lowest BCUT2D eigenvalue weighted by Crippen LogP contribution is -2.03. The maximum absolute atomic E-state index is 3.57. The summed E-state index contributed by atoms with van der Waals surface area (Å²) in [6, 6.07) is 6.31. The average Bonchev–Trinajstić information content (AvgIpc) is 2.40. The Bertz CT molecular complexity index is 464. The molecule has 0 saturated heterocycles. The number of nitrogens with one attached hydrogen (secondary N) is 2. The largest absolute Gasteiger partial charge is 0.384 e. The average molecular weight is 307 g/mol. The van der Waals surface area contributed by atoms with Crippen LogP contribution in [-0.4, -0.2) is 6.54 Å². The molecule has 2 N–H and O–H groups in total. The van der Waals surface area contributed by atoms with E-state index < -0.39 is 0 Å². The highest BCUT2D eigenvalue weighted by molar-refractivity contribution is 9.10. The molecule has 0 amide bonds. The van der Waals surface area contributed by atoms with Crippen LogP contribution in [0.4, 0.5) is 11.4 Å². The van der Waals surface area contributed by atoms with E-state index in [-0.39, 0.29) is 0 Å². The van der Waals surface area contributed by atoms with Crippen molar-refractivity contribution in [3.63, 3.8) is 0 Å². The summed E-state index contributed by atoms with van der Waals surface area (Å²) in [6.07, 6.45) is 9.98. The summed E-state index contributed by atoms with van der Waals surface area (Å²) in [5.41, 5.74) is 3.45. The molecule has 0 bridgehead atoms. The predicted octanol–water partition coefficient (Wildman–Crippen LogP) is 4.92. The summed E-state index contributed by atoms with van der Waals surface area (Å²) in [7, 11) is 0. The molecule has 0 aliphatic heterocycles. The molecule has 0 saturated carbocycles. The van der Waals surface area contributed by atoms with Gasteiger partial charge in [0.25, 0.3) is 0 Å². The van der Waals surface area contributed by atoms with Crippen molar-refractivity contribution in [1.82, 2.24) is 0 Å². The van der Waals surface area contributed by atoms with Gasteiger partial charge in [0, 0.05) is 22.4 Å². The van der Waals surface area contributed by atoms with E-state index in [9.17, 15) is 0 Å². The lowest BCUT2D eigenvalue weighted by atomic mass is 10.1. The van der Waals surface area contributed by atoms with Gasteiger partial charge in [-0.3, -0.25) is 0 Å². The van der Waals surface area contributed by atoms with Crippen LogP contribution >= 0.6 is 15.9 Å². The molecule has 0 heterocycles. The van der Waals surface area contributed by atoms with E-state index in [0.29, 0.717) is 0 Å². The fourth-order valence-electron chi connectivity index (χ4n) is 1.87. The number of hydrogen-bond donors (Lipinski definition) is 2. The Labute approximate surface area is 117 Å². The van der Waals surface area contributed by atoms with E-state index in [1.54, 1.807) is 0 Å². The molecule has 2 nitrogen and oxygen atoms in total. The van der Waals surface area contributed by atoms with Crippen LogP contribution in [0.2, 0.25) is 0 Å². The van der Waals surface area contributed by atoms with Gasteiger partial charge in [-0.05, 0) is 59.5 Å². The molecule has 0 spiro atoms. The van der Waals surface area contributed by atoms with Crippen molar-refractivity contribution >= 4 is 27.3 Å². The minimum Gasteiger partial charge on any atom is -0.384 e. The highest BCUT2D eigenvalue weighted by Crippen LogP contribution is 2.27. The molecular weight excluding hydrogens is 288 g/mol. The highest BCUT2D eigenvalue weighted by Gasteiger charge is 2.03. The Morgan fingerprint density at radius 2 is 2.17 bits per heavy atom. The number of anilines is 2. The second-order valence-corrected chi connectivity index (χ2v) is 5.24. The summed E-state index contributed by atoms with van der Waals surface area (Å²) in [6.45, 7) is 3.16. The van der Waals surface area contributed by atoms with Crippen LogP contribution in [0.25, 0.3) is 0 Å². The molecule has 18 heavy (non-hydrogen) atoms.